The van der Waals surface area contributed by atoms with Gasteiger partial charge < -0.3 is 14.2 Å². The maximum absolute atomic E-state index is 13.0. The monoisotopic (exact) mass is 418 g/mol. The molecular formula is C17H17F3N2O5S. The number of rotatable bonds is 6. The third-order valence-electron chi connectivity index (χ3n) is 4.16. The second kappa shape index (κ2) is 7.47. The summed E-state index contributed by atoms with van der Waals surface area (Å²) < 4.78 is 81.1. The van der Waals surface area contributed by atoms with Gasteiger partial charge in [0, 0.05) is 12.3 Å². The number of pyridine rings is 1. The summed E-state index contributed by atoms with van der Waals surface area (Å²) in [6.07, 6.45) is -4.18. The zero-order valence-corrected chi connectivity index (χ0v) is 15.7. The van der Waals surface area contributed by atoms with Crippen LogP contribution in [0, 0.1) is 0 Å². The summed E-state index contributed by atoms with van der Waals surface area (Å²) in [6, 6.07) is 6.28. The Labute approximate surface area is 159 Å². The second-order valence-corrected chi connectivity index (χ2v) is 7.84. The number of aromatic nitrogens is 1. The van der Waals surface area contributed by atoms with E-state index in [4.69, 9.17) is 14.2 Å². The molecule has 3 rings (SSSR count). The summed E-state index contributed by atoms with van der Waals surface area (Å²) in [7, 11) is -1.14. The quantitative estimate of drug-likeness (QED) is 0.718. The van der Waals surface area contributed by atoms with Crippen molar-refractivity contribution in [3.8, 4) is 17.4 Å². The Balaban J connectivity index is 1.74. The van der Waals surface area contributed by atoms with E-state index in [0.29, 0.717) is 5.75 Å². The molecular weight excluding hydrogens is 401 g/mol. The molecule has 2 aromatic rings. The van der Waals surface area contributed by atoms with Crippen LogP contribution in [0.2, 0.25) is 0 Å². The highest BCUT2D eigenvalue weighted by Crippen LogP contribution is 2.37. The topological polar surface area (TPSA) is 78.0 Å². The van der Waals surface area contributed by atoms with E-state index in [1.165, 1.54) is 38.6 Å². The van der Waals surface area contributed by atoms with Crippen LogP contribution < -0.4 is 14.2 Å². The molecule has 1 fully saturated rings. The summed E-state index contributed by atoms with van der Waals surface area (Å²) in [4.78, 5) is 3.55. The smallest absolute Gasteiger partial charge is 0.421 e. The highest BCUT2D eigenvalue weighted by molar-refractivity contribution is 7.89. The van der Waals surface area contributed by atoms with Crippen molar-refractivity contribution in [1.82, 2.24) is 9.29 Å². The predicted molar refractivity (Wildman–Crippen MR) is 92.0 cm³/mol. The molecule has 0 atom stereocenters. The molecule has 1 aliphatic heterocycles. The van der Waals surface area contributed by atoms with Gasteiger partial charge in [-0.15, -0.1) is 0 Å². The fourth-order valence-electron chi connectivity index (χ4n) is 2.66. The van der Waals surface area contributed by atoms with Crippen molar-refractivity contribution < 1.29 is 35.8 Å². The highest BCUT2D eigenvalue weighted by atomic mass is 32.2. The average Bonchev–Trinajstić information content (AvgIpc) is 2.63. The molecule has 0 spiro atoms. The molecule has 1 saturated heterocycles. The Morgan fingerprint density at radius 2 is 1.86 bits per heavy atom. The van der Waals surface area contributed by atoms with Gasteiger partial charge in [-0.25, -0.2) is 13.4 Å². The van der Waals surface area contributed by atoms with Crippen LogP contribution in [0.5, 0.6) is 17.4 Å². The molecule has 1 aromatic carbocycles. The Kier molecular flexibility index (Phi) is 5.39. The van der Waals surface area contributed by atoms with E-state index >= 15 is 0 Å². The van der Waals surface area contributed by atoms with Gasteiger partial charge in [0.2, 0.25) is 15.9 Å². The zero-order valence-electron chi connectivity index (χ0n) is 14.9. The lowest BCUT2D eigenvalue weighted by Crippen LogP contribution is -2.56. The fraction of sp³-hybridized carbons (Fsp3) is 0.353. The van der Waals surface area contributed by atoms with Crippen LogP contribution in [0.4, 0.5) is 13.2 Å². The summed E-state index contributed by atoms with van der Waals surface area (Å²) in [5.41, 5.74) is -1.01. The maximum atomic E-state index is 13.0. The van der Waals surface area contributed by atoms with E-state index in [1.54, 1.807) is 0 Å². The second-order valence-electron chi connectivity index (χ2n) is 5.93. The van der Waals surface area contributed by atoms with E-state index in [2.05, 4.69) is 4.98 Å². The first-order valence-corrected chi connectivity index (χ1v) is 9.52. The van der Waals surface area contributed by atoms with Crippen LogP contribution in [-0.4, -0.2) is 51.1 Å². The number of hydrogen-bond acceptors (Lipinski definition) is 6. The van der Waals surface area contributed by atoms with Gasteiger partial charge in [0.25, 0.3) is 0 Å². The largest absolute Gasteiger partial charge is 0.497 e. The average molecular weight is 418 g/mol. The van der Waals surface area contributed by atoms with E-state index in [0.717, 1.165) is 16.4 Å². The zero-order chi connectivity index (χ0) is 20.5. The Morgan fingerprint density at radius 3 is 2.46 bits per heavy atom. The Bertz CT molecular complexity index is 960. The van der Waals surface area contributed by atoms with Crippen molar-refractivity contribution in [2.75, 3.05) is 27.3 Å². The van der Waals surface area contributed by atoms with Gasteiger partial charge in [-0.2, -0.15) is 17.5 Å². The fourth-order valence-corrected chi connectivity index (χ4v) is 4.30. The van der Waals surface area contributed by atoms with Crippen molar-refractivity contribution in [1.29, 1.82) is 0 Å². The van der Waals surface area contributed by atoms with Crippen molar-refractivity contribution in [3.63, 3.8) is 0 Å². The molecule has 2 heterocycles. The van der Waals surface area contributed by atoms with Gasteiger partial charge in [-0.05, 0) is 24.3 Å². The van der Waals surface area contributed by atoms with Crippen LogP contribution in [0.1, 0.15) is 5.56 Å². The van der Waals surface area contributed by atoms with Gasteiger partial charge in [0.15, 0.2) is 0 Å². The van der Waals surface area contributed by atoms with E-state index in [-0.39, 0.29) is 23.7 Å². The van der Waals surface area contributed by atoms with Gasteiger partial charge in [0.1, 0.15) is 28.1 Å². The molecule has 0 aliphatic carbocycles. The highest BCUT2D eigenvalue weighted by Gasteiger charge is 2.42. The molecule has 1 aromatic heterocycles. The normalized spacial score (nSPS) is 15.8. The lowest BCUT2D eigenvalue weighted by atomic mass is 10.2. The van der Waals surface area contributed by atoms with Crippen molar-refractivity contribution >= 4 is 10.0 Å². The third-order valence-corrected chi connectivity index (χ3v) is 6.03. The molecule has 7 nitrogen and oxygen atoms in total. The lowest BCUT2D eigenvalue weighted by Gasteiger charge is -2.37. The van der Waals surface area contributed by atoms with Gasteiger partial charge >= 0.3 is 6.18 Å². The number of hydrogen-bond donors (Lipinski definition) is 0. The number of halogens is 3. The Hall–Kier alpha value is -2.53. The molecule has 1 aliphatic rings. The van der Waals surface area contributed by atoms with Crippen LogP contribution >= 0.6 is 0 Å². The number of nitrogens with zero attached hydrogens (tertiary/aromatic N) is 2. The summed E-state index contributed by atoms with van der Waals surface area (Å²) in [5.74, 6) is -0.0395. The van der Waals surface area contributed by atoms with Gasteiger partial charge in [-0.3, -0.25) is 0 Å². The van der Waals surface area contributed by atoms with Gasteiger partial charge in [0.05, 0.1) is 27.3 Å². The molecule has 0 saturated carbocycles. The lowest BCUT2D eigenvalue weighted by molar-refractivity contribution is -0.140. The minimum absolute atomic E-state index is 0.0666. The summed E-state index contributed by atoms with van der Waals surface area (Å²) in [6.45, 7) is -0.212. The molecule has 0 N–H and O–H groups in total. The predicted octanol–water partition coefficient (Wildman–Crippen LogP) is 2.57. The SMILES string of the molecule is COc1ccc(S(=O)(=O)N2CC(Oc3ncccc3C(F)(F)F)C2)c(OC)c1. The molecule has 0 bridgehead atoms. The van der Waals surface area contributed by atoms with Gasteiger partial charge in [-0.1, -0.05) is 0 Å². The van der Waals surface area contributed by atoms with Crippen molar-refractivity contribution in [2.45, 2.75) is 17.2 Å². The van der Waals surface area contributed by atoms with Crippen LogP contribution in [0.15, 0.2) is 41.4 Å². The van der Waals surface area contributed by atoms with Crippen molar-refractivity contribution in [3.05, 3.63) is 42.1 Å². The molecule has 0 unspecified atom stereocenters. The maximum Gasteiger partial charge on any atom is 0.421 e. The van der Waals surface area contributed by atoms with Crippen LogP contribution in [0.3, 0.4) is 0 Å². The number of ether oxygens (including phenoxy) is 3. The van der Waals surface area contributed by atoms with Crippen LogP contribution in [0.25, 0.3) is 0 Å². The standard InChI is InChI=1S/C17H17F3N2O5S/c1-25-11-5-6-15(14(8-11)26-2)28(23,24)22-9-12(10-22)27-16-13(17(18,19)20)4-3-7-21-16/h3-8,12H,9-10H2,1-2H3. The number of sulfonamides is 1. The molecule has 28 heavy (non-hydrogen) atoms. The third kappa shape index (κ3) is 3.85. The van der Waals surface area contributed by atoms with E-state index in [9.17, 15) is 21.6 Å². The minimum atomic E-state index is -4.62. The number of benzene rings is 1. The first-order chi connectivity index (χ1) is 13.2. The van der Waals surface area contributed by atoms with E-state index < -0.39 is 33.7 Å². The molecule has 0 amide bonds. The van der Waals surface area contributed by atoms with Crippen molar-refractivity contribution in [2.24, 2.45) is 0 Å². The summed E-state index contributed by atoms with van der Waals surface area (Å²) in [5, 5.41) is 0. The van der Waals surface area contributed by atoms with Crippen LogP contribution in [-0.2, 0) is 16.2 Å². The first-order valence-electron chi connectivity index (χ1n) is 8.08. The Morgan fingerprint density at radius 1 is 1.14 bits per heavy atom. The first kappa shape index (κ1) is 20.2. The number of alkyl halides is 3. The number of methoxy groups -OCH3 is 2. The summed E-state index contributed by atoms with van der Waals surface area (Å²) >= 11 is 0. The molecule has 0 radical (unpaired) electrons. The molecule has 152 valence electrons. The van der Waals surface area contributed by atoms with E-state index in [1.807, 2.05) is 0 Å². The molecule has 11 heteroatoms. The minimum Gasteiger partial charge on any atom is -0.497 e.